The topological polar surface area (TPSA) is 44.9 Å². The third kappa shape index (κ3) is 3.53. The Labute approximate surface area is 174 Å². The van der Waals surface area contributed by atoms with Gasteiger partial charge in [-0.15, -0.1) is 0 Å². The fourth-order valence-corrected chi connectivity index (χ4v) is 4.99. The Kier molecular flexibility index (Phi) is 5.12. The van der Waals surface area contributed by atoms with Crippen LogP contribution in [0.4, 0.5) is 5.69 Å². The van der Waals surface area contributed by atoms with Crippen LogP contribution < -0.4 is 10.4 Å². The predicted molar refractivity (Wildman–Crippen MR) is 123 cm³/mol. The third-order valence-corrected chi connectivity index (χ3v) is 6.26. The molecule has 3 aromatic rings. The molecule has 4 rings (SSSR count). The summed E-state index contributed by atoms with van der Waals surface area (Å²) in [5.41, 5.74) is 9.75. The zero-order valence-corrected chi connectivity index (χ0v) is 18.2. The van der Waals surface area contributed by atoms with Crippen molar-refractivity contribution in [2.24, 2.45) is 5.92 Å². The molecule has 1 aromatic carbocycles. The molecule has 0 atom stereocenters. The first kappa shape index (κ1) is 19.6. The molecule has 0 bridgehead atoms. The molecule has 1 fully saturated rings. The van der Waals surface area contributed by atoms with E-state index >= 15 is 0 Å². The minimum Gasteiger partial charge on any atom is -0.371 e. The Morgan fingerprint density at radius 2 is 1.72 bits per heavy atom. The van der Waals surface area contributed by atoms with Gasteiger partial charge >= 0.3 is 0 Å². The van der Waals surface area contributed by atoms with E-state index < -0.39 is 0 Å². The van der Waals surface area contributed by atoms with E-state index in [4.69, 9.17) is 10.2 Å². The van der Waals surface area contributed by atoms with Gasteiger partial charge in [-0.3, -0.25) is 0 Å². The molecule has 148 valence electrons. The summed E-state index contributed by atoms with van der Waals surface area (Å²) >= 11 is 0. The summed E-state index contributed by atoms with van der Waals surface area (Å²) in [6, 6.07) is 9.08. The van der Waals surface area contributed by atoms with Crippen LogP contribution in [0.2, 0.25) is 0 Å². The molecule has 5 heteroatoms. The number of fused-ring (bicyclic) bond motifs is 1. The van der Waals surface area contributed by atoms with Crippen LogP contribution in [0.5, 0.6) is 0 Å². The monoisotopic (exact) mass is 384 g/mol. The van der Waals surface area contributed by atoms with Gasteiger partial charge in [-0.25, -0.2) is 4.98 Å². The van der Waals surface area contributed by atoms with Gasteiger partial charge < -0.3 is 9.47 Å². The lowest BCUT2D eigenvalue weighted by molar-refractivity contribution is 0.413. The van der Waals surface area contributed by atoms with E-state index in [9.17, 15) is 0 Å². The standard InChI is InChI=1S/C24H29BN4/c1-15-11-20(25)12-16(2)23(15)29-14-17(3)22-21(13-18(4)27-24(22)29)28-9-6-19(5-8-26)7-10-28/h11-14,19H,5-7,9-10,25H2,1-4H3. The van der Waals surface area contributed by atoms with Crippen molar-refractivity contribution in [1.82, 2.24) is 9.55 Å². The molecule has 29 heavy (non-hydrogen) atoms. The number of hydrogen-bond acceptors (Lipinski definition) is 3. The number of nitriles is 1. The van der Waals surface area contributed by atoms with Gasteiger partial charge in [0.2, 0.25) is 0 Å². The summed E-state index contributed by atoms with van der Waals surface area (Å²) in [4.78, 5) is 7.47. The highest BCUT2D eigenvalue weighted by Crippen LogP contribution is 2.36. The van der Waals surface area contributed by atoms with Gasteiger partial charge in [0.05, 0.1) is 11.8 Å². The summed E-state index contributed by atoms with van der Waals surface area (Å²) < 4.78 is 2.29. The van der Waals surface area contributed by atoms with Crippen molar-refractivity contribution in [1.29, 1.82) is 5.26 Å². The summed E-state index contributed by atoms with van der Waals surface area (Å²) in [6.45, 7) is 10.7. The highest BCUT2D eigenvalue weighted by Gasteiger charge is 2.23. The Hall–Kier alpha value is -2.74. The molecular weight excluding hydrogens is 355 g/mol. The molecule has 4 nitrogen and oxygen atoms in total. The Morgan fingerprint density at radius 3 is 2.34 bits per heavy atom. The third-order valence-electron chi connectivity index (χ3n) is 6.26. The number of aromatic nitrogens is 2. The van der Waals surface area contributed by atoms with Crippen LogP contribution in [0.25, 0.3) is 16.7 Å². The lowest BCUT2D eigenvalue weighted by Gasteiger charge is -2.33. The number of rotatable bonds is 3. The molecule has 0 N–H and O–H groups in total. The van der Waals surface area contributed by atoms with Gasteiger partial charge in [-0.05, 0) is 69.2 Å². The van der Waals surface area contributed by atoms with Crippen molar-refractivity contribution in [2.75, 3.05) is 18.0 Å². The van der Waals surface area contributed by atoms with Crippen LogP contribution in [-0.4, -0.2) is 30.5 Å². The summed E-state index contributed by atoms with van der Waals surface area (Å²) in [5.74, 6) is 0.540. The average molecular weight is 384 g/mol. The number of piperidine rings is 1. The van der Waals surface area contributed by atoms with Crippen molar-refractivity contribution in [2.45, 2.75) is 47.0 Å². The maximum Gasteiger partial charge on any atom is 0.147 e. The van der Waals surface area contributed by atoms with E-state index in [1.165, 1.54) is 38.9 Å². The minimum atomic E-state index is 0.540. The molecule has 1 aliphatic heterocycles. The summed E-state index contributed by atoms with van der Waals surface area (Å²) in [7, 11) is 2.15. The second-order valence-corrected chi connectivity index (χ2v) is 8.70. The molecule has 0 spiro atoms. The molecule has 2 aromatic heterocycles. The number of nitrogens with zero attached hydrogens (tertiary/aromatic N) is 4. The molecular formula is C24H29BN4. The molecule has 0 amide bonds. The van der Waals surface area contributed by atoms with Gasteiger partial charge in [-0.2, -0.15) is 5.26 Å². The van der Waals surface area contributed by atoms with Crippen molar-refractivity contribution in [3.63, 3.8) is 0 Å². The maximum atomic E-state index is 9.01. The quantitative estimate of drug-likeness (QED) is 0.648. The molecule has 3 heterocycles. The normalized spacial score (nSPS) is 15.1. The molecule has 0 saturated carbocycles. The van der Waals surface area contributed by atoms with E-state index in [2.05, 4.69) is 75.5 Å². The van der Waals surface area contributed by atoms with Crippen molar-refractivity contribution >= 4 is 30.0 Å². The van der Waals surface area contributed by atoms with Crippen LogP contribution in [-0.2, 0) is 0 Å². The zero-order valence-electron chi connectivity index (χ0n) is 18.2. The first-order valence-corrected chi connectivity index (χ1v) is 10.6. The van der Waals surface area contributed by atoms with Gasteiger partial charge in [0, 0.05) is 42.5 Å². The van der Waals surface area contributed by atoms with Crippen LogP contribution >= 0.6 is 0 Å². The van der Waals surface area contributed by atoms with E-state index in [-0.39, 0.29) is 0 Å². The summed E-state index contributed by atoms with van der Waals surface area (Å²) in [5, 5.41) is 10.3. The first-order chi connectivity index (χ1) is 13.9. The van der Waals surface area contributed by atoms with E-state index in [1.54, 1.807) is 0 Å². The number of anilines is 1. The largest absolute Gasteiger partial charge is 0.371 e. The lowest BCUT2D eigenvalue weighted by Crippen LogP contribution is -2.33. The van der Waals surface area contributed by atoms with Crippen LogP contribution in [0, 0.1) is 44.9 Å². The van der Waals surface area contributed by atoms with E-state index in [0.717, 1.165) is 37.3 Å². The van der Waals surface area contributed by atoms with Crippen molar-refractivity contribution in [3.05, 3.63) is 46.8 Å². The number of aryl methyl sites for hydroxylation is 4. The Morgan fingerprint density at radius 1 is 1.07 bits per heavy atom. The van der Waals surface area contributed by atoms with Gasteiger partial charge in [0.1, 0.15) is 13.5 Å². The zero-order chi connectivity index (χ0) is 20.7. The number of hydrogen-bond donors (Lipinski definition) is 0. The number of benzene rings is 1. The van der Waals surface area contributed by atoms with Gasteiger partial charge in [-0.1, -0.05) is 17.6 Å². The SMILES string of the molecule is Bc1cc(C)c(-n2cc(C)c3c(N4CCC(CC#N)CC4)cc(C)nc32)c(C)c1. The van der Waals surface area contributed by atoms with Gasteiger partial charge in [0.15, 0.2) is 0 Å². The number of pyridine rings is 1. The second-order valence-electron chi connectivity index (χ2n) is 8.70. The molecule has 0 radical (unpaired) electrons. The van der Waals surface area contributed by atoms with Crippen molar-refractivity contribution < 1.29 is 0 Å². The molecule has 1 aliphatic rings. The fraction of sp³-hybridized carbons (Fsp3) is 0.417. The smallest absolute Gasteiger partial charge is 0.147 e. The summed E-state index contributed by atoms with van der Waals surface area (Å²) in [6.07, 6.45) is 5.10. The minimum absolute atomic E-state index is 0.540. The predicted octanol–water partition coefficient (Wildman–Crippen LogP) is 3.65. The van der Waals surface area contributed by atoms with E-state index in [1.807, 2.05) is 0 Å². The van der Waals surface area contributed by atoms with Crippen LogP contribution in [0.15, 0.2) is 24.4 Å². The molecule has 0 unspecified atom stereocenters. The Balaban J connectivity index is 1.83. The Bertz CT molecular complexity index is 1090. The van der Waals surface area contributed by atoms with Crippen LogP contribution in [0.3, 0.4) is 0 Å². The first-order valence-electron chi connectivity index (χ1n) is 10.6. The lowest BCUT2D eigenvalue weighted by atomic mass is 9.91. The van der Waals surface area contributed by atoms with Gasteiger partial charge in [0.25, 0.3) is 0 Å². The highest BCUT2D eigenvalue weighted by atomic mass is 15.1. The average Bonchev–Trinajstić information content (AvgIpc) is 2.97. The molecule has 0 aliphatic carbocycles. The van der Waals surface area contributed by atoms with E-state index in [0.29, 0.717) is 12.3 Å². The highest BCUT2D eigenvalue weighted by molar-refractivity contribution is 6.32. The fourth-order valence-electron chi connectivity index (χ4n) is 4.99. The maximum absolute atomic E-state index is 9.01. The van der Waals surface area contributed by atoms with Crippen molar-refractivity contribution in [3.8, 4) is 11.8 Å². The van der Waals surface area contributed by atoms with Crippen LogP contribution in [0.1, 0.15) is 41.6 Å². The molecule has 1 saturated heterocycles. The second kappa shape index (κ2) is 7.59.